The first-order chi connectivity index (χ1) is 11.2. The van der Waals surface area contributed by atoms with E-state index in [1.54, 1.807) is 12.3 Å². The molecule has 0 bridgehead atoms. The minimum absolute atomic E-state index is 0. The molecule has 1 aliphatic heterocycles. The van der Waals surface area contributed by atoms with Gasteiger partial charge in [-0.3, -0.25) is 4.99 Å². The molecule has 1 aromatic heterocycles. The Morgan fingerprint density at radius 2 is 1.80 bits per heavy atom. The Bertz CT molecular complexity index is 723. The molecule has 0 saturated heterocycles. The zero-order chi connectivity index (χ0) is 16.1. The van der Waals surface area contributed by atoms with Crippen molar-refractivity contribution in [2.24, 2.45) is 21.5 Å². The molecule has 6 N–H and O–H groups in total. The molecule has 0 atom stereocenters. The largest absolute Gasteiger partial charge is 0.370 e. The SMILES string of the molecule is Cl.Cl.NC(N)=Nc1ccc(Cc2ccc(NC3=NCCN3)cc2)cn1. The summed E-state index contributed by atoms with van der Waals surface area (Å²) in [6.07, 6.45) is 2.58. The second-order valence-electron chi connectivity index (χ2n) is 5.22. The summed E-state index contributed by atoms with van der Waals surface area (Å²) in [4.78, 5) is 12.4. The number of nitrogens with one attached hydrogen (secondary N) is 2. The normalized spacial score (nSPS) is 12.1. The first kappa shape index (κ1) is 20.5. The molecule has 0 saturated carbocycles. The number of aliphatic imine (C=N–C) groups is 2. The zero-order valence-corrected chi connectivity index (χ0v) is 15.1. The number of aromatic nitrogens is 1. The second-order valence-corrected chi connectivity index (χ2v) is 5.22. The number of pyridine rings is 1. The van der Waals surface area contributed by atoms with Gasteiger partial charge in [0, 0.05) is 18.4 Å². The van der Waals surface area contributed by atoms with E-state index in [1.165, 1.54) is 5.56 Å². The molecular weight excluding hydrogens is 361 g/mol. The quantitative estimate of drug-likeness (QED) is 0.476. The molecule has 25 heavy (non-hydrogen) atoms. The Kier molecular flexibility index (Phi) is 7.97. The van der Waals surface area contributed by atoms with E-state index in [0.717, 1.165) is 36.7 Å². The van der Waals surface area contributed by atoms with Crippen molar-refractivity contribution in [1.29, 1.82) is 0 Å². The van der Waals surface area contributed by atoms with Gasteiger partial charge in [0.1, 0.15) is 0 Å². The van der Waals surface area contributed by atoms with Gasteiger partial charge in [0.05, 0.1) is 6.54 Å². The maximum Gasteiger partial charge on any atom is 0.195 e. The van der Waals surface area contributed by atoms with Crippen molar-refractivity contribution in [1.82, 2.24) is 10.3 Å². The average Bonchev–Trinajstić information content (AvgIpc) is 3.04. The van der Waals surface area contributed by atoms with Gasteiger partial charge in [0.2, 0.25) is 0 Å². The van der Waals surface area contributed by atoms with E-state index in [-0.39, 0.29) is 30.8 Å². The molecular formula is C16H21Cl2N7. The third kappa shape index (κ3) is 6.13. The number of hydrogen-bond acceptors (Lipinski definition) is 5. The number of rotatable bonds is 4. The molecule has 1 aliphatic rings. The number of anilines is 1. The summed E-state index contributed by atoms with van der Waals surface area (Å²) in [7, 11) is 0. The Balaban J connectivity index is 0.00000156. The number of halogens is 2. The number of guanidine groups is 2. The molecule has 0 aliphatic carbocycles. The number of benzene rings is 1. The fraction of sp³-hybridized carbons (Fsp3) is 0.188. The van der Waals surface area contributed by atoms with Gasteiger partial charge in [0.25, 0.3) is 0 Å². The highest BCUT2D eigenvalue weighted by molar-refractivity contribution is 5.94. The Morgan fingerprint density at radius 1 is 1.08 bits per heavy atom. The summed E-state index contributed by atoms with van der Waals surface area (Å²) < 4.78 is 0. The summed E-state index contributed by atoms with van der Waals surface area (Å²) in [5, 5.41) is 6.43. The van der Waals surface area contributed by atoms with Crippen molar-refractivity contribution in [2.45, 2.75) is 6.42 Å². The Labute approximate surface area is 158 Å². The van der Waals surface area contributed by atoms with Crippen LogP contribution in [0.2, 0.25) is 0 Å². The molecule has 134 valence electrons. The van der Waals surface area contributed by atoms with Gasteiger partial charge in [-0.05, 0) is 35.7 Å². The van der Waals surface area contributed by atoms with Gasteiger partial charge in [0.15, 0.2) is 17.7 Å². The van der Waals surface area contributed by atoms with Crippen molar-refractivity contribution in [2.75, 3.05) is 18.4 Å². The van der Waals surface area contributed by atoms with E-state index in [0.29, 0.717) is 5.82 Å². The predicted molar refractivity (Wildman–Crippen MR) is 107 cm³/mol. The number of hydrogen-bond donors (Lipinski definition) is 4. The van der Waals surface area contributed by atoms with Gasteiger partial charge in [-0.2, -0.15) is 4.99 Å². The van der Waals surface area contributed by atoms with Crippen molar-refractivity contribution in [3.63, 3.8) is 0 Å². The third-order valence-corrected chi connectivity index (χ3v) is 3.35. The highest BCUT2D eigenvalue weighted by Gasteiger charge is 2.05. The Morgan fingerprint density at radius 3 is 2.36 bits per heavy atom. The van der Waals surface area contributed by atoms with Crippen LogP contribution in [0.4, 0.5) is 11.5 Å². The molecule has 1 aromatic carbocycles. The maximum absolute atomic E-state index is 5.33. The van der Waals surface area contributed by atoms with E-state index >= 15 is 0 Å². The van der Waals surface area contributed by atoms with Crippen LogP contribution in [0.1, 0.15) is 11.1 Å². The maximum atomic E-state index is 5.33. The first-order valence-electron chi connectivity index (χ1n) is 7.38. The van der Waals surface area contributed by atoms with Crippen LogP contribution in [0.5, 0.6) is 0 Å². The van der Waals surface area contributed by atoms with Crippen LogP contribution in [-0.4, -0.2) is 30.0 Å². The van der Waals surface area contributed by atoms with Crippen molar-refractivity contribution >= 4 is 48.2 Å². The highest BCUT2D eigenvalue weighted by Crippen LogP contribution is 2.15. The Hall–Kier alpha value is -2.51. The zero-order valence-electron chi connectivity index (χ0n) is 13.5. The van der Waals surface area contributed by atoms with Crippen LogP contribution in [0.15, 0.2) is 52.6 Å². The van der Waals surface area contributed by atoms with E-state index < -0.39 is 0 Å². The van der Waals surface area contributed by atoms with Gasteiger partial charge in [-0.1, -0.05) is 18.2 Å². The van der Waals surface area contributed by atoms with E-state index in [4.69, 9.17) is 11.5 Å². The lowest BCUT2D eigenvalue weighted by molar-refractivity contribution is 0.959. The lowest BCUT2D eigenvalue weighted by atomic mass is 10.1. The summed E-state index contributed by atoms with van der Waals surface area (Å²) >= 11 is 0. The summed E-state index contributed by atoms with van der Waals surface area (Å²) in [5.41, 5.74) is 14.0. The number of nitrogens with zero attached hydrogens (tertiary/aromatic N) is 3. The average molecular weight is 382 g/mol. The molecule has 0 amide bonds. The fourth-order valence-electron chi connectivity index (χ4n) is 2.28. The topological polar surface area (TPSA) is 114 Å². The van der Waals surface area contributed by atoms with Crippen LogP contribution in [0.3, 0.4) is 0 Å². The minimum Gasteiger partial charge on any atom is -0.370 e. The van der Waals surface area contributed by atoms with Gasteiger partial charge in [-0.25, -0.2) is 4.98 Å². The summed E-state index contributed by atoms with van der Waals surface area (Å²) in [5.74, 6) is 1.35. The molecule has 9 heteroatoms. The monoisotopic (exact) mass is 381 g/mol. The van der Waals surface area contributed by atoms with Crippen LogP contribution >= 0.6 is 24.8 Å². The fourth-order valence-corrected chi connectivity index (χ4v) is 2.28. The molecule has 0 radical (unpaired) electrons. The van der Waals surface area contributed by atoms with Crippen LogP contribution < -0.4 is 22.1 Å². The summed E-state index contributed by atoms with van der Waals surface area (Å²) in [6, 6.07) is 12.0. The van der Waals surface area contributed by atoms with Crippen molar-refractivity contribution < 1.29 is 0 Å². The lowest BCUT2D eigenvalue weighted by Crippen LogP contribution is -2.26. The van der Waals surface area contributed by atoms with Crippen molar-refractivity contribution in [3.05, 3.63) is 53.7 Å². The first-order valence-corrected chi connectivity index (χ1v) is 7.38. The standard InChI is InChI=1S/C16H19N7.2ClH/c17-15(18)23-14-6-3-12(10-21-14)9-11-1-4-13(5-2-11)22-16-19-7-8-20-16;;/h1-6,10H,7-9H2,(H2,19,20,22)(H4,17,18,21,23);2*1H. The summed E-state index contributed by atoms with van der Waals surface area (Å²) in [6.45, 7) is 1.71. The molecule has 0 fully saturated rings. The van der Waals surface area contributed by atoms with E-state index in [2.05, 4.69) is 37.7 Å². The second kappa shape index (κ2) is 9.71. The lowest BCUT2D eigenvalue weighted by Gasteiger charge is -2.08. The van der Waals surface area contributed by atoms with Crippen LogP contribution in [0, 0.1) is 0 Å². The predicted octanol–water partition coefficient (Wildman–Crippen LogP) is 1.79. The van der Waals surface area contributed by atoms with Crippen molar-refractivity contribution in [3.8, 4) is 0 Å². The van der Waals surface area contributed by atoms with Crippen LogP contribution in [-0.2, 0) is 6.42 Å². The molecule has 0 unspecified atom stereocenters. The smallest absolute Gasteiger partial charge is 0.195 e. The van der Waals surface area contributed by atoms with Gasteiger partial charge in [-0.15, -0.1) is 24.8 Å². The van der Waals surface area contributed by atoms with Crippen LogP contribution in [0.25, 0.3) is 0 Å². The van der Waals surface area contributed by atoms with Gasteiger partial charge >= 0.3 is 0 Å². The third-order valence-electron chi connectivity index (χ3n) is 3.35. The van der Waals surface area contributed by atoms with E-state index in [9.17, 15) is 0 Å². The number of nitrogens with two attached hydrogens (primary N) is 2. The molecule has 2 heterocycles. The molecule has 0 spiro atoms. The molecule has 3 rings (SSSR count). The molecule has 2 aromatic rings. The minimum atomic E-state index is 0. The molecule has 7 nitrogen and oxygen atoms in total. The van der Waals surface area contributed by atoms with E-state index in [1.807, 2.05) is 18.2 Å². The highest BCUT2D eigenvalue weighted by atomic mass is 35.5. The van der Waals surface area contributed by atoms with Gasteiger partial charge < -0.3 is 22.1 Å².